The van der Waals surface area contributed by atoms with E-state index in [1.54, 1.807) is 0 Å². The molecular weight excluding hydrogens is 399 g/mol. The third-order valence-corrected chi connectivity index (χ3v) is 4.23. The van der Waals surface area contributed by atoms with E-state index >= 15 is 0 Å². The minimum Gasteiger partial charge on any atom is -0.356 e. The molecule has 0 heterocycles. The average molecular weight is 430 g/mol. The van der Waals surface area contributed by atoms with E-state index in [1.807, 2.05) is 7.05 Å². The Hall–Kier alpha value is -0.820. The molecule has 5 heteroatoms. The van der Waals surface area contributed by atoms with Gasteiger partial charge in [0.2, 0.25) is 0 Å². The van der Waals surface area contributed by atoms with E-state index in [2.05, 4.69) is 58.6 Å². The topological polar surface area (TPSA) is 39.7 Å². The van der Waals surface area contributed by atoms with Gasteiger partial charge in [-0.2, -0.15) is 0 Å². The molecule has 1 aliphatic carbocycles. The highest BCUT2D eigenvalue weighted by atomic mass is 127. The smallest absolute Gasteiger partial charge is 0.191 e. The first kappa shape index (κ1) is 20.2. The van der Waals surface area contributed by atoms with Gasteiger partial charge >= 0.3 is 0 Å². The van der Waals surface area contributed by atoms with Crippen LogP contribution in [0.15, 0.2) is 29.3 Å². The van der Waals surface area contributed by atoms with E-state index in [9.17, 15) is 0 Å². The second-order valence-corrected chi connectivity index (χ2v) is 6.03. The fraction of sp³-hybridized carbons (Fsp3) is 0.611. The number of hydrogen-bond donors (Lipinski definition) is 2. The zero-order chi connectivity index (χ0) is 15.8. The summed E-state index contributed by atoms with van der Waals surface area (Å²) in [6.45, 7) is 9.50. The first-order valence-corrected chi connectivity index (χ1v) is 8.49. The van der Waals surface area contributed by atoms with Gasteiger partial charge in [-0.3, -0.25) is 9.89 Å². The van der Waals surface area contributed by atoms with Gasteiger partial charge in [0.15, 0.2) is 5.96 Å². The molecule has 0 aliphatic heterocycles. The second-order valence-electron chi connectivity index (χ2n) is 6.03. The van der Waals surface area contributed by atoms with Crippen LogP contribution >= 0.6 is 24.0 Å². The predicted molar refractivity (Wildman–Crippen MR) is 109 cm³/mol. The van der Waals surface area contributed by atoms with Crippen LogP contribution in [0.1, 0.15) is 37.8 Å². The number of aliphatic imine (C=N–C) groups is 1. The molecule has 23 heavy (non-hydrogen) atoms. The van der Waals surface area contributed by atoms with Crippen LogP contribution in [0.5, 0.6) is 0 Å². The molecule has 0 radical (unpaired) electrons. The summed E-state index contributed by atoms with van der Waals surface area (Å²) in [5.74, 6) is 1.76. The zero-order valence-electron chi connectivity index (χ0n) is 14.6. The maximum Gasteiger partial charge on any atom is 0.191 e. The Bertz CT molecular complexity index is 482. The maximum absolute atomic E-state index is 4.29. The first-order chi connectivity index (χ1) is 10.7. The van der Waals surface area contributed by atoms with Crippen molar-refractivity contribution in [3.05, 3.63) is 35.4 Å². The molecule has 2 N–H and O–H groups in total. The maximum atomic E-state index is 4.29. The van der Waals surface area contributed by atoms with Gasteiger partial charge in [0, 0.05) is 26.7 Å². The van der Waals surface area contributed by atoms with Crippen molar-refractivity contribution in [1.82, 2.24) is 15.5 Å². The molecule has 2 rings (SSSR count). The summed E-state index contributed by atoms with van der Waals surface area (Å²) in [4.78, 5) is 6.72. The molecule has 1 saturated carbocycles. The van der Waals surface area contributed by atoms with Crippen molar-refractivity contribution >= 4 is 29.9 Å². The van der Waals surface area contributed by atoms with Crippen molar-refractivity contribution in [3.63, 3.8) is 0 Å². The lowest BCUT2D eigenvalue weighted by atomic mass is 10.1. The summed E-state index contributed by atoms with van der Waals surface area (Å²) in [5, 5.41) is 6.80. The fourth-order valence-electron chi connectivity index (χ4n) is 2.51. The second kappa shape index (κ2) is 10.9. The minimum atomic E-state index is 0. The van der Waals surface area contributed by atoms with Gasteiger partial charge in [-0.15, -0.1) is 24.0 Å². The number of benzene rings is 1. The lowest BCUT2D eigenvalue weighted by molar-refractivity contribution is 0.296. The van der Waals surface area contributed by atoms with Crippen LogP contribution in [-0.2, 0) is 13.1 Å². The molecule has 0 amide bonds. The fourth-order valence-corrected chi connectivity index (χ4v) is 2.51. The summed E-state index contributed by atoms with van der Waals surface area (Å²) < 4.78 is 0. The Balaban J connectivity index is 0.00000264. The Morgan fingerprint density at radius 2 is 1.87 bits per heavy atom. The van der Waals surface area contributed by atoms with Crippen LogP contribution in [0.2, 0.25) is 0 Å². The number of guanidine groups is 1. The normalized spacial score (nSPS) is 14.5. The Morgan fingerprint density at radius 3 is 2.48 bits per heavy atom. The molecule has 4 nitrogen and oxygen atoms in total. The summed E-state index contributed by atoms with van der Waals surface area (Å²) >= 11 is 0. The van der Waals surface area contributed by atoms with Gasteiger partial charge in [-0.1, -0.05) is 38.1 Å². The summed E-state index contributed by atoms with van der Waals surface area (Å²) in [5.41, 5.74) is 2.68. The first-order valence-electron chi connectivity index (χ1n) is 8.49. The molecule has 1 aromatic rings. The van der Waals surface area contributed by atoms with Crippen LogP contribution in [0, 0.1) is 5.92 Å². The molecule has 0 aromatic heterocycles. The van der Waals surface area contributed by atoms with Gasteiger partial charge in [0.1, 0.15) is 0 Å². The van der Waals surface area contributed by atoms with Crippen LogP contribution in [0.3, 0.4) is 0 Å². The largest absolute Gasteiger partial charge is 0.356 e. The average Bonchev–Trinajstić information content (AvgIpc) is 3.37. The van der Waals surface area contributed by atoms with Crippen LogP contribution < -0.4 is 10.6 Å². The molecule has 0 atom stereocenters. The highest BCUT2D eigenvalue weighted by Gasteiger charge is 2.20. The van der Waals surface area contributed by atoms with E-state index in [4.69, 9.17) is 0 Å². The van der Waals surface area contributed by atoms with Crippen LogP contribution in [0.4, 0.5) is 0 Å². The molecule has 0 saturated heterocycles. The highest BCUT2D eigenvalue weighted by Crippen LogP contribution is 2.27. The molecule has 0 unspecified atom stereocenters. The van der Waals surface area contributed by atoms with Gasteiger partial charge in [0.05, 0.1) is 0 Å². The van der Waals surface area contributed by atoms with Crippen molar-refractivity contribution < 1.29 is 0 Å². The van der Waals surface area contributed by atoms with Gasteiger partial charge in [0.25, 0.3) is 0 Å². The summed E-state index contributed by atoms with van der Waals surface area (Å²) in [6.07, 6.45) is 2.72. The summed E-state index contributed by atoms with van der Waals surface area (Å²) in [7, 11) is 1.83. The van der Waals surface area contributed by atoms with Crippen molar-refractivity contribution in [2.75, 3.05) is 26.7 Å². The third-order valence-electron chi connectivity index (χ3n) is 4.23. The molecule has 0 bridgehead atoms. The third kappa shape index (κ3) is 7.52. The SMILES string of the molecule is CCN(CC)Cc1cccc(CNC(=NC)NCC2CC2)c1.I. The molecule has 130 valence electrons. The Kier molecular flexibility index (Phi) is 9.55. The van der Waals surface area contributed by atoms with Crippen LogP contribution in [-0.4, -0.2) is 37.5 Å². The Labute approximate surface area is 158 Å². The molecular formula is C18H31IN4. The number of nitrogens with one attached hydrogen (secondary N) is 2. The minimum absolute atomic E-state index is 0. The summed E-state index contributed by atoms with van der Waals surface area (Å²) in [6, 6.07) is 8.82. The molecule has 1 fully saturated rings. The highest BCUT2D eigenvalue weighted by molar-refractivity contribution is 14.0. The lowest BCUT2D eigenvalue weighted by Gasteiger charge is -2.18. The number of hydrogen-bond acceptors (Lipinski definition) is 2. The van der Waals surface area contributed by atoms with E-state index < -0.39 is 0 Å². The number of nitrogens with zero attached hydrogens (tertiary/aromatic N) is 2. The van der Waals surface area contributed by atoms with E-state index in [-0.39, 0.29) is 24.0 Å². The van der Waals surface area contributed by atoms with Crippen molar-refractivity contribution in [2.24, 2.45) is 10.9 Å². The van der Waals surface area contributed by atoms with Crippen molar-refractivity contribution in [1.29, 1.82) is 0 Å². The van der Waals surface area contributed by atoms with Gasteiger partial charge in [-0.05, 0) is 43.0 Å². The predicted octanol–water partition coefficient (Wildman–Crippen LogP) is 3.22. The molecule has 0 spiro atoms. The number of rotatable bonds is 8. The van der Waals surface area contributed by atoms with E-state index in [0.717, 1.165) is 44.6 Å². The molecule has 1 aromatic carbocycles. The number of halogens is 1. The monoisotopic (exact) mass is 430 g/mol. The quantitative estimate of drug-likeness (QED) is 0.378. The van der Waals surface area contributed by atoms with Gasteiger partial charge in [-0.25, -0.2) is 0 Å². The van der Waals surface area contributed by atoms with E-state index in [0.29, 0.717) is 0 Å². The van der Waals surface area contributed by atoms with Crippen molar-refractivity contribution in [3.8, 4) is 0 Å². The van der Waals surface area contributed by atoms with E-state index in [1.165, 1.54) is 24.0 Å². The lowest BCUT2D eigenvalue weighted by Crippen LogP contribution is -2.37. The zero-order valence-corrected chi connectivity index (χ0v) is 17.0. The molecule has 1 aliphatic rings. The van der Waals surface area contributed by atoms with Gasteiger partial charge < -0.3 is 10.6 Å². The van der Waals surface area contributed by atoms with Crippen molar-refractivity contribution in [2.45, 2.75) is 39.8 Å². The Morgan fingerprint density at radius 1 is 1.17 bits per heavy atom. The standard InChI is InChI=1S/C18H30N4.HI/c1-4-22(5-2)14-17-8-6-7-16(11-17)13-21-18(19-3)20-12-15-9-10-15;/h6-8,11,15H,4-5,9-10,12-14H2,1-3H3,(H2,19,20,21);1H. The van der Waals surface area contributed by atoms with Crippen LogP contribution in [0.25, 0.3) is 0 Å².